The van der Waals surface area contributed by atoms with E-state index in [1.807, 2.05) is 76.2 Å². The molecule has 5 nitrogen and oxygen atoms in total. The van der Waals surface area contributed by atoms with E-state index in [1.165, 1.54) is 0 Å². The topological polar surface area (TPSA) is 58.6 Å². The number of amides is 2. The third kappa shape index (κ3) is 5.84. The van der Waals surface area contributed by atoms with Crippen molar-refractivity contribution < 1.29 is 14.3 Å². The van der Waals surface area contributed by atoms with Gasteiger partial charge in [-0.2, -0.15) is 0 Å². The number of ether oxygens (including phenoxy) is 1. The summed E-state index contributed by atoms with van der Waals surface area (Å²) in [7, 11) is 0. The SMILES string of the molecule is CCNC(=O)C(CC)N(Cc1ccc(C)cc1)C(=O)COc1ccccc1C. The summed E-state index contributed by atoms with van der Waals surface area (Å²) >= 11 is 0. The number of nitrogens with one attached hydrogen (secondary N) is 1. The minimum absolute atomic E-state index is 0.105. The first-order valence-electron chi connectivity index (χ1n) is 9.77. The molecule has 1 unspecified atom stereocenters. The van der Waals surface area contributed by atoms with Crippen molar-refractivity contribution in [1.82, 2.24) is 10.2 Å². The van der Waals surface area contributed by atoms with Crippen LogP contribution in [-0.4, -0.2) is 35.9 Å². The maximum atomic E-state index is 13.0. The van der Waals surface area contributed by atoms with Gasteiger partial charge in [-0.1, -0.05) is 55.0 Å². The van der Waals surface area contributed by atoms with Crippen LogP contribution in [0.3, 0.4) is 0 Å². The molecule has 2 rings (SSSR count). The zero-order valence-corrected chi connectivity index (χ0v) is 17.2. The molecule has 0 fully saturated rings. The summed E-state index contributed by atoms with van der Waals surface area (Å²) in [5.74, 6) is 0.334. The number of hydrogen-bond donors (Lipinski definition) is 1. The summed E-state index contributed by atoms with van der Waals surface area (Å²) in [6.45, 7) is 8.54. The van der Waals surface area contributed by atoms with Gasteiger partial charge in [0.2, 0.25) is 5.91 Å². The molecule has 0 aromatic heterocycles. The van der Waals surface area contributed by atoms with Crippen LogP contribution in [0.1, 0.15) is 37.0 Å². The Bertz CT molecular complexity index is 787. The fourth-order valence-electron chi connectivity index (χ4n) is 3.04. The highest BCUT2D eigenvalue weighted by Crippen LogP contribution is 2.18. The molecule has 0 saturated heterocycles. The molecular weight excluding hydrogens is 352 g/mol. The lowest BCUT2D eigenvalue weighted by Crippen LogP contribution is -2.50. The van der Waals surface area contributed by atoms with E-state index in [-0.39, 0.29) is 18.4 Å². The van der Waals surface area contributed by atoms with Gasteiger partial charge >= 0.3 is 0 Å². The van der Waals surface area contributed by atoms with Gasteiger partial charge in [-0.05, 0) is 44.4 Å². The minimum atomic E-state index is -0.533. The van der Waals surface area contributed by atoms with Crippen molar-refractivity contribution in [2.45, 2.75) is 46.7 Å². The van der Waals surface area contributed by atoms with Gasteiger partial charge in [0.15, 0.2) is 6.61 Å². The van der Waals surface area contributed by atoms with Crippen LogP contribution >= 0.6 is 0 Å². The Labute approximate surface area is 167 Å². The average molecular weight is 383 g/mol. The van der Waals surface area contributed by atoms with Crippen LogP contribution < -0.4 is 10.1 Å². The van der Waals surface area contributed by atoms with Crippen LogP contribution in [0, 0.1) is 13.8 Å². The van der Waals surface area contributed by atoms with Crippen molar-refractivity contribution in [3.8, 4) is 5.75 Å². The number of nitrogens with zero attached hydrogens (tertiary/aromatic N) is 1. The Morgan fingerprint density at radius 3 is 2.32 bits per heavy atom. The van der Waals surface area contributed by atoms with E-state index >= 15 is 0 Å². The number of aryl methyl sites for hydroxylation is 2. The Morgan fingerprint density at radius 2 is 1.71 bits per heavy atom. The van der Waals surface area contributed by atoms with Crippen molar-refractivity contribution in [3.63, 3.8) is 0 Å². The van der Waals surface area contributed by atoms with Gasteiger partial charge in [0.05, 0.1) is 0 Å². The molecule has 2 amide bonds. The number of carbonyl (C=O) groups is 2. The molecule has 0 heterocycles. The lowest BCUT2D eigenvalue weighted by molar-refractivity contribution is -0.142. The second-order valence-corrected chi connectivity index (χ2v) is 6.88. The van der Waals surface area contributed by atoms with Crippen molar-refractivity contribution in [3.05, 3.63) is 65.2 Å². The van der Waals surface area contributed by atoms with Gasteiger partial charge in [0.25, 0.3) is 5.91 Å². The largest absolute Gasteiger partial charge is 0.484 e. The van der Waals surface area contributed by atoms with Gasteiger partial charge in [0.1, 0.15) is 11.8 Å². The van der Waals surface area contributed by atoms with Crippen molar-refractivity contribution in [1.29, 1.82) is 0 Å². The molecular formula is C23H30N2O3. The maximum Gasteiger partial charge on any atom is 0.261 e. The standard InChI is InChI=1S/C23H30N2O3/c1-5-20(23(27)24-6-2)25(15-19-13-11-17(3)12-14-19)22(26)16-28-21-10-8-7-9-18(21)4/h7-14,20H,5-6,15-16H2,1-4H3,(H,24,27). The van der Waals surface area contributed by atoms with Crippen LogP contribution in [0.4, 0.5) is 0 Å². The molecule has 0 saturated carbocycles. The lowest BCUT2D eigenvalue weighted by atomic mass is 10.1. The van der Waals surface area contributed by atoms with Gasteiger partial charge in [0, 0.05) is 13.1 Å². The quantitative estimate of drug-likeness (QED) is 0.721. The Balaban J connectivity index is 2.19. The Kier molecular flexibility index (Phi) is 8.05. The number of carbonyl (C=O) groups excluding carboxylic acids is 2. The normalized spacial score (nSPS) is 11.6. The van der Waals surface area contributed by atoms with Crippen molar-refractivity contribution in [2.75, 3.05) is 13.2 Å². The van der Waals surface area contributed by atoms with Crippen LogP contribution in [0.2, 0.25) is 0 Å². The second kappa shape index (κ2) is 10.5. The van der Waals surface area contributed by atoms with E-state index in [4.69, 9.17) is 4.74 Å². The summed E-state index contributed by atoms with van der Waals surface area (Å²) in [4.78, 5) is 27.2. The van der Waals surface area contributed by atoms with E-state index in [2.05, 4.69) is 5.32 Å². The van der Waals surface area contributed by atoms with Crippen LogP contribution in [-0.2, 0) is 16.1 Å². The number of hydrogen-bond acceptors (Lipinski definition) is 3. The predicted molar refractivity (Wildman–Crippen MR) is 111 cm³/mol. The van der Waals surface area contributed by atoms with E-state index in [9.17, 15) is 9.59 Å². The van der Waals surface area contributed by atoms with E-state index in [1.54, 1.807) is 4.90 Å². The molecule has 0 radical (unpaired) electrons. The van der Waals surface area contributed by atoms with Gasteiger partial charge in [-0.3, -0.25) is 9.59 Å². The second-order valence-electron chi connectivity index (χ2n) is 6.88. The monoisotopic (exact) mass is 382 g/mol. The summed E-state index contributed by atoms with van der Waals surface area (Å²) in [6.07, 6.45) is 0.536. The zero-order valence-electron chi connectivity index (χ0n) is 17.2. The van der Waals surface area contributed by atoms with Crippen LogP contribution in [0.15, 0.2) is 48.5 Å². The Hall–Kier alpha value is -2.82. The molecule has 28 heavy (non-hydrogen) atoms. The average Bonchev–Trinajstić information content (AvgIpc) is 2.68. The minimum Gasteiger partial charge on any atom is -0.484 e. The molecule has 150 valence electrons. The molecule has 1 atom stereocenters. The van der Waals surface area contributed by atoms with Gasteiger partial charge in [-0.15, -0.1) is 0 Å². The highest BCUT2D eigenvalue weighted by atomic mass is 16.5. The van der Waals surface area contributed by atoms with E-state index < -0.39 is 6.04 Å². The first kappa shape index (κ1) is 21.5. The third-order valence-corrected chi connectivity index (χ3v) is 4.66. The first-order valence-corrected chi connectivity index (χ1v) is 9.77. The summed E-state index contributed by atoms with van der Waals surface area (Å²) in [5.41, 5.74) is 3.11. The Morgan fingerprint density at radius 1 is 1.04 bits per heavy atom. The smallest absolute Gasteiger partial charge is 0.261 e. The summed E-state index contributed by atoms with van der Waals surface area (Å²) in [6, 6.07) is 15.0. The molecule has 0 aliphatic heterocycles. The zero-order chi connectivity index (χ0) is 20.5. The molecule has 0 spiro atoms. The molecule has 2 aromatic carbocycles. The van der Waals surface area contributed by atoms with Crippen molar-refractivity contribution in [2.24, 2.45) is 0 Å². The highest BCUT2D eigenvalue weighted by Gasteiger charge is 2.28. The van der Waals surface area contributed by atoms with Gasteiger partial charge < -0.3 is 15.0 Å². The van der Waals surface area contributed by atoms with Gasteiger partial charge in [-0.25, -0.2) is 0 Å². The molecule has 0 aliphatic rings. The maximum absolute atomic E-state index is 13.0. The van der Waals surface area contributed by atoms with Crippen LogP contribution in [0.25, 0.3) is 0 Å². The molecule has 2 aromatic rings. The highest BCUT2D eigenvalue weighted by molar-refractivity contribution is 5.88. The molecule has 1 N–H and O–H groups in total. The fourth-order valence-corrected chi connectivity index (χ4v) is 3.04. The van der Waals surface area contributed by atoms with Crippen LogP contribution in [0.5, 0.6) is 5.75 Å². The number of para-hydroxylation sites is 1. The van der Waals surface area contributed by atoms with E-state index in [0.717, 1.165) is 16.7 Å². The third-order valence-electron chi connectivity index (χ3n) is 4.66. The molecule has 0 bridgehead atoms. The number of likely N-dealkylation sites (N-methyl/N-ethyl adjacent to an activating group) is 1. The predicted octanol–water partition coefficient (Wildman–Crippen LogP) is 3.63. The molecule has 0 aliphatic carbocycles. The summed E-state index contributed by atoms with van der Waals surface area (Å²) in [5, 5.41) is 2.84. The lowest BCUT2D eigenvalue weighted by Gasteiger charge is -2.30. The molecule has 5 heteroatoms. The van der Waals surface area contributed by atoms with Crippen molar-refractivity contribution >= 4 is 11.8 Å². The first-order chi connectivity index (χ1) is 13.5. The summed E-state index contributed by atoms with van der Waals surface area (Å²) < 4.78 is 5.75. The fraction of sp³-hybridized carbons (Fsp3) is 0.391. The van der Waals surface area contributed by atoms with E-state index in [0.29, 0.717) is 25.3 Å². The number of benzene rings is 2. The number of rotatable bonds is 9.